The first-order chi connectivity index (χ1) is 10.6. The van der Waals surface area contributed by atoms with Gasteiger partial charge in [0.25, 0.3) is 10.0 Å². The maximum Gasteiger partial charge on any atom is 0.316 e. The Morgan fingerprint density at radius 3 is 2.77 bits per heavy atom. The molecule has 1 atom stereocenters. The number of hydrogen-bond acceptors (Lipinski definition) is 6. The van der Waals surface area contributed by atoms with E-state index < -0.39 is 10.0 Å². The lowest BCUT2D eigenvalue weighted by molar-refractivity contribution is 0.119. The molecule has 3 rings (SSSR count). The molecule has 22 heavy (non-hydrogen) atoms. The molecular formula is C13H14BrN3O3S2. The number of halogens is 1. The number of sulfonamides is 1. The van der Waals surface area contributed by atoms with Crippen molar-refractivity contribution in [1.82, 2.24) is 14.3 Å². The molecule has 118 valence electrons. The highest BCUT2D eigenvalue weighted by atomic mass is 79.9. The Balaban J connectivity index is 1.73. The van der Waals surface area contributed by atoms with E-state index in [0.717, 1.165) is 16.6 Å². The van der Waals surface area contributed by atoms with Crippen molar-refractivity contribution in [1.29, 1.82) is 0 Å². The van der Waals surface area contributed by atoms with Crippen LogP contribution in [0, 0.1) is 0 Å². The first-order valence-corrected chi connectivity index (χ1v) is 9.80. The van der Waals surface area contributed by atoms with Gasteiger partial charge in [0.2, 0.25) is 0 Å². The number of rotatable bonds is 4. The van der Waals surface area contributed by atoms with Crippen molar-refractivity contribution in [3.63, 3.8) is 0 Å². The second-order valence-electron chi connectivity index (χ2n) is 4.84. The lowest BCUT2D eigenvalue weighted by Crippen LogP contribution is -2.44. The average Bonchev–Trinajstić information content (AvgIpc) is 2.96. The third-order valence-corrected chi connectivity index (χ3v) is 7.25. The summed E-state index contributed by atoms with van der Waals surface area (Å²) in [6.07, 6.45) is 4.52. The lowest BCUT2D eigenvalue weighted by Gasteiger charge is -2.31. The number of thiophene rings is 1. The molecule has 0 spiro atoms. The van der Waals surface area contributed by atoms with E-state index in [4.69, 9.17) is 4.74 Å². The van der Waals surface area contributed by atoms with Crippen LogP contribution in [0.1, 0.15) is 12.8 Å². The zero-order valence-electron chi connectivity index (χ0n) is 11.6. The zero-order chi connectivity index (χ0) is 15.6. The molecule has 3 heterocycles. The minimum Gasteiger partial charge on any atom is -0.459 e. The number of ether oxygens (including phenoxy) is 1. The molecule has 2 aromatic rings. The molecule has 1 fully saturated rings. The minimum absolute atomic E-state index is 0.227. The minimum atomic E-state index is -3.47. The predicted octanol–water partition coefficient (Wildman–Crippen LogP) is 2.53. The van der Waals surface area contributed by atoms with E-state index in [1.54, 1.807) is 30.6 Å². The number of piperidine rings is 1. The van der Waals surface area contributed by atoms with E-state index >= 15 is 0 Å². The fraction of sp³-hybridized carbons (Fsp3) is 0.385. The van der Waals surface area contributed by atoms with Crippen LogP contribution in [0.2, 0.25) is 0 Å². The smallest absolute Gasteiger partial charge is 0.316 e. The molecule has 0 amide bonds. The third-order valence-electron chi connectivity index (χ3n) is 3.30. The van der Waals surface area contributed by atoms with Crippen LogP contribution in [0.5, 0.6) is 6.01 Å². The van der Waals surface area contributed by atoms with Crippen molar-refractivity contribution < 1.29 is 13.2 Å². The van der Waals surface area contributed by atoms with Crippen LogP contribution in [0.25, 0.3) is 0 Å². The van der Waals surface area contributed by atoms with E-state index in [1.807, 2.05) is 0 Å². The molecule has 1 aliphatic heterocycles. The summed E-state index contributed by atoms with van der Waals surface area (Å²) in [6.45, 7) is 0.823. The molecule has 1 saturated heterocycles. The highest BCUT2D eigenvalue weighted by molar-refractivity contribution is 9.11. The summed E-state index contributed by atoms with van der Waals surface area (Å²) in [7, 11) is -3.47. The van der Waals surface area contributed by atoms with Crippen molar-refractivity contribution in [3.05, 3.63) is 34.4 Å². The fourth-order valence-corrected chi connectivity index (χ4v) is 5.95. The van der Waals surface area contributed by atoms with Gasteiger partial charge in [0.1, 0.15) is 10.3 Å². The van der Waals surface area contributed by atoms with Crippen molar-refractivity contribution in [2.24, 2.45) is 0 Å². The Kier molecular flexibility index (Phi) is 4.76. The van der Waals surface area contributed by atoms with Crippen LogP contribution in [0.15, 0.2) is 38.6 Å². The summed E-state index contributed by atoms with van der Waals surface area (Å²) >= 11 is 4.51. The van der Waals surface area contributed by atoms with Crippen molar-refractivity contribution >= 4 is 37.3 Å². The van der Waals surface area contributed by atoms with E-state index in [-0.39, 0.29) is 12.1 Å². The summed E-state index contributed by atoms with van der Waals surface area (Å²) < 4.78 is 33.6. The van der Waals surface area contributed by atoms with Crippen LogP contribution in [-0.2, 0) is 10.0 Å². The van der Waals surface area contributed by atoms with Crippen molar-refractivity contribution in [2.75, 3.05) is 13.1 Å². The van der Waals surface area contributed by atoms with Gasteiger partial charge in [-0.1, -0.05) is 0 Å². The van der Waals surface area contributed by atoms with Crippen LogP contribution < -0.4 is 4.74 Å². The van der Waals surface area contributed by atoms with Gasteiger partial charge >= 0.3 is 6.01 Å². The molecule has 0 saturated carbocycles. The molecular weight excluding hydrogens is 390 g/mol. The molecule has 9 heteroatoms. The molecule has 0 aliphatic carbocycles. The van der Waals surface area contributed by atoms with E-state index in [0.29, 0.717) is 17.3 Å². The highest BCUT2D eigenvalue weighted by Gasteiger charge is 2.32. The molecule has 2 aromatic heterocycles. The second kappa shape index (κ2) is 6.61. The van der Waals surface area contributed by atoms with Crippen LogP contribution in [0.3, 0.4) is 0 Å². The van der Waals surface area contributed by atoms with Crippen molar-refractivity contribution in [2.45, 2.75) is 23.2 Å². The van der Waals surface area contributed by atoms with Gasteiger partial charge < -0.3 is 4.74 Å². The van der Waals surface area contributed by atoms with E-state index in [9.17, 15) is 8.42 Å². The normalized spacial score (nSPS) is 20.0. The first-order valence-electron chi connectivity index (χ1n) is 6.75. The monoisotopic (exact) mass is 403 g/mol. The van der Waals surface area contributed by atoms with Gasteiger partial charge in [0.05, 0.1) is 10.3 Å². The standard InChI is InChI=1S/C13H14BrN3O3S2/c14-11-4-5-12(21-11)22(18,19)17-8-1-3-10(9-17)20-13-15-6-2-7-16-13/h2,4-7,10H,1,3,8-9H2. The first kappa shape index (κ1) is 15.9. The lowest BCUT2D eigenvalue weighted by atomic mass is 10.1. The topological polar surface area (TPSA) is 72.4 Å². The Hall–Kier alpha value is -1.03. The average molecular weight is 404 g/mol. The summed E-state index contributed by atoms with van der Waals surface area (Å²) in [6, 6.07) is 5.35. The Morgan fingerprint density at radius 1 is 1.32 bits per heavy atom. The largest absolute Gasteiger partial charge is 0.459 e. The Bertz CT molecular complexity index is 736. The highest BCUT2D eigenvalue weighted by Crippen LogP contribution is 2.30. The van der Waals surface area contributed by atoms with Gasteiger partial charge in [0.15, 0.2) is 0 Å². The quantitative estimate of drug-likeness (QED) is 0.783. The molecule has 1 unspecified atom stereocenters. The maximum absolute atomic E-state index is 12.6. The van der Waals surface area contributed by atoms with Crippen molar-refractivity contribution in [3.8, 4) is 6.01 Å². The molecule has 0 aromatic carbocycles. The number of hydrogen-bond donors (Lipinski definition) is 0. The number of nitrogens with zero attached hydrogens (tertiary/aromatic N) is 3. The Labute approximate surface area is 141 Å². The van der Waals surface area contributed by atoms with E-state index in [2.05, 4.69) is 25.9 Å². The molecule has 0 N–H and O–H groups in total. The van der Waals surface area contributed by atoms with Crippen LogP contribution in [-0.4, -0.2) is 41.9 Å². The molecule has 1 aliphatic rings. The van der Waals surface area contributed by atoms with Gasteiger partial charge in [-0.2, -0.15) is 4.31 Å². The van der Waals surface area contributed by atoms with Gasteiger partial charge in [0, 0.05) is 18.9 Å². The molecule has 6 nitrogen and oxygen atoms in total. The summed E-state index contributed by atoms with van der Waals surface area (Å²) in [5.41, 5.74) is 0. The van der Waals surface area contributed by atoms with Crippen LogP contribution >= 0.6 is 27.3 Å². The van der Waals surface area contributed by atoms with Crippen LogP contribution in [0.4, 0.5) is 0 Å². The van der Waals surface area contributed by atoms with Gasteiger partial charge in [-0.15, -0.1) is 11.3 Å². The Morgan fingerprint density at radius 2 is 2.09 bits per heavy atom. The van der Waals surface area contributed by atoms with Gasteiger partial charge in [-0.05, 0) is 47.0 Å². The summed E-state index contributed by atoms with van der Waals surface area (Å²) in [4.78, 5) is 8.03. The van der Waals surface area contributed by atoms with E-state index in [1.165, 1.54) is 15.6 Å². The molecule has 0 radical (unpaired) electrons. The zero-order valence-corrected chi connectivity index (χ0v) is 14.8. The maximum atomic E-state index is 12.6. The second-order valence-corrected chi connectivity index (χ2v) is 9.46. The third kappa shape index (κ3) is 3.48. The summed E-state index contributed by atoms with van der Waals surface area (Å²) in [5.74, 6) is 0. The fourth-order valence-electron chi connectivity index (χ4n) is 2.28. The SMILES string of the molecule is O=S(=O)(c1ccc(Br)s1)N1CCCC(Oc2ncccn2)C1. The predicted molar refractivity (Wildman–Crippen MR) is 86.5 cm³/mol. The van der Waals surface area contributed by atoms with Gasteiger partial charge in [-0.25, -0.2) is 18.4 Å². The number of aromatic nitrogens is 2. The summed E-state index contributed by atoms with van der Waals surface area (Å²) in [5, 5.41) is 0. The molecule has 0 bridgehead atoms. The van der Waals surface area contributed by atoms with Gasteiger partial charge in [-0.3, -0.25) is 0 Å².